The molecule has 0 aliphatic carbocycles. The predicted molar refractivity (Wildman–Crippen MR) is 83.3 cm³/mol. The number of amides is 2. The number of carbonyl (C=O) groups excluding carboxylic acids is 2. The van der Waals surface area contributed by atoms with Crippen LogP contribution < -0.4 is 5.73 Å². The number of aryl methyl sites for hydroxylation is 1. The molecule has 3 N–H and O–H groups in total. The molecule has 9 heteroatoms. The number of carboxylic acid groups (broad SMARTS) is 1. The van der Waals surface area contributed by atoms with Crippen LogP contribution in [0.1, 0.15) is 48.9 Å². The van der Waals surface area contributed by atoms with E-state index in [-0.39, 0.29) is 25.2 Å². The number of primary amides is 1. The van der Waals surface area contributed by atoms with E-state index in [1.165, 1.54) is 9.58 Å². The van der Waals surface area contributed by atoms with Crippen LogP contribution in [0, 0.1) is 0 Å². The normalized spacial score (nSPS) is 14.2. The molecule has 132 valence electrons. The maximum atomic E-state index is 12.2. The number of aromatic carboxylic acids is 1. The number of rotatable bonds is 4. The SMILES string of the molecule is CC(C)(C)OC(=O)N1CCc2c(c(C(=O)O)nn2CCC(N)=O)C1. The van der Waals surface area contributed by atoms with Crippen LogP contribution in [0.3, 0.4) is 0 Å². The molecule has 1 aliphatic rings. The number of carboxylic acids is 1. The van der Waals surface area contributed by atoms with Gasteiger partial charge in [0.1, 0.15) is 5.60 Å². The molecule has 1 aromatic heterocycles. The summed E-state index contributed by atoms with van der Waals surface area (Å²) < 4.78 is 6.83. The number of nitrogens with zero attached hydrogens (tertiary/aromatic N) is 3. The molecule has 2 heterocycles. The fourth-order valence-electron chi connectivity index (χ4n) is 2.55. The molecule has 0 atom stereocenters. The van der Waals surface area contributed by atoms with E-state index in [1.54, 1.807) is 20.8 Å². The van der Waals surface area contributed by atoms with Crippen LogP contribution in [0.25, 0.3) is 0 Å². The summed E-state index contributed by atoms with van der Waals surface area (Å²) in [4.78, 5) is 36.0. The van der Waals surface area contributed by atoms with Gasteiger partial charge in [-0.2, -0.15) is 5.10 Å². The summed E-state index contributed by atoms with van der Waals surface area (Å²) in [6.45, 7) is 6.03. The van der Waals surface area contributed by atoms with E-state index in [9.17, 15) is 19.5 Å². The standard InChI is InChI=1S/C15H22N4O5/c1-15(2,3)24-14(23)18-6-4-10-9(8-18)12(13(21)22)17-19(10)7-5-11(16)20/h4-8H2,1-3H3,(H2,16,20)(H,21,22). The topological polar surface area (TPSA) is 128 Å². The Balaban J connectivity index is 2.24. The van der Waals surface area contributed by atoms with Crippen molar-refractivity contribution in [2.75, 3.05) is 6.54 Å². The van der Waals surface area contributed by atoms with E-state index in [1.807, 2.05) is 0 Å². The van der Waals surface area contributed by atoms with Gasteiger partial charge < -0.3 is 20.5 Å². The van der Waals surface area contributed by atoms with E-state index in [4.69, 9.17) is 10.5 Å². The van der Waals surface area contributed by atoms with Gasteiger partial charge in [-0.15, -0.1) is 0 Å². The van der Waals surface area contributed by atoms with E-state index in [2.05, 4.69) is 5.10 Å². The fraction of sp³-hybridized carbons (Fsp3) is 0.600. The molecule has 9 nitrogen and oxygen atoms in total. The Morgan fingerprint density at radius 3 is 2.54 bits per heavy atom. The molecule has 24 heavy (non-hydrogen) atoms. The molecule has 2 rings (SSSR count). The summed E-state index contributed by atoms with van der Waals surface area (Å²) in [6.07, 6.45) is 0.0192. The smallest absolute Gasteiger partial charge is 0.410 e. The Bertz CT molecular complexity index is 674. The molecule has 0 spiro atoms. The Morgan fingerprint density at radius 1 is 1.33 bits per heavy atom. The number of ether oxygens (including phenoxy) is 1. The fourth-order valence-corrected chi connectivity index (χ4v) is 2.55. The van der Waals surface area contributed by atoms with E-state index in [0.29, 0.717) is 24.2 Å². The summed E-state index contributed by atoms with van der Waals surface area (Å²) >= 11 is 0. The highest BCUT2D eigenvalue weighted by molar-refractivity contribution is 5.87. The van der Waals surface area contributed by atoms with Crippen LogP contribution in [0.2, 0.25) is 0 Å². The van der Waals surface area contributed by atoms with Crippen LogP contribution in [-0.2, 0) is 29.0 Å². The maximum absolute atomic E-state index is 12.2. The monoisotopic (exact) mass is 338 g/mol. The molecule has 0 unspecified atom stereocenters. The number of carbonyl (C=O) groups is 3. The third kappa shape index (κ3) is 4.03. The molecule has 2 amide bonds. The van der Waals surface area contributed by atoms with Crippen LogP contribution in [0.4, 0.5) is 4.79 Å². The summed E-state index contributed by atoms with van der Waals surface area (Å²) in [7, 11) is 0. The quantitative estimate of drug-likeness (QED) is 0.834. The number of nitrogens with two attached hydrogens (primary N) is 1. The van der Waals surface area contributed by atoms with Crippen molar-refractivity contribution in [2.45, 2.75) is 52.3 Å². The molecule has 1 aliphatic heterocycles. The number of hydrogen-bond acceptors (Lipinski definition) is 5. The van der Waals surface area contributed by atoms with E-state index in [0.717, 1.165) is 0 Å². The van der Waals surface area contributed by atoms with Gasteiger partial charge in [-0.3, -0.25) is 9.48 Å². The highest BCUT2D eigenvalue weighted by atomic mass is 16.6. The summed E-state index contributed by atoms with van der Waals surface area (Å²) in [5, 5.41) is 13.4. The molecule has 0 saturated heterocycles. The molecule has 0 aromatic carbocycles. The molecule has 0 fully saturated rings. The lowest BCUT2D eigenvalue weighted by atomic mass is 10.1. The van der Waals surface area contributed by atoms with Gasteiger partial charge in [0.15, 0.2) is 5.69 Å². The summed E-state index contributed by atoms with van der Waals surface area (Å²) in [5.41, 5.74) is 5.59. The Kier molecular flexibility index (Phi) is 4.81. The molecular weight excluding hydrogens is 316 g/mol. The first-order chi connectivity index (χ1) is 11.1. The zero-order valence-electron chi connectivity index (χ0n) is 14.0. The number of hydrogen-bond donors (Lipinski definition) is 2. The highest BCUT2D eigenvalue weighted by Gasteiger charge is 2.32. The van der Waals surface area contributed by atoms with Gasteiger partial charge in [0.25, 0.3) is 0 Å². The molecule has 0 bridgehead atoms. The van der Waals surface area contributed by atoms with Gasteiger partial charge in [-0.1, -0.05) is 0 Å². The minimum absolute atomic E-state index is 0.0724. The third-order valence-electron chi connectivity index (χ3n) is 3.56. The van der Waals surface area contributed by atoms with Crippen molar-refractivity contribution >= 4 is 18.0 Å². The lowest BCUT2D eigenvalue weighted by Gasteiger charge is -2.30. The van der Waals surface area contributed by atoms with Gasteiger partial charge in [0.2, 0.25) is 5.91 Å². The third-order valence-corrected chi connectivity index (χ3v) is 3.56. The average molecular weight is 338 g/mol. The first-order valence-electron chi connectivity index (χ1n) is 7.66. The Morgan fingerprint density at radius 2 is 2.00 bits per heavy atom. The lowest BCUT2D eigenvalue weighted by molar-refractivity contribution is -0.118. The van der Waals surface area contributed by atoms with Crippen molar-refractivity contribution in [3.8, 4) is 0 Å². The van der Waals surface area contributed by atoms with Crippen LogP contribution >= 0.6 is 0 Å². The van der Waals surface area contributed by atoms with Gasteiger partial charge in [0, 0.05) is 37.2 Å². The van der Waals surface area contributed by atoms with Crippen molar-refractivity contribution in [3.63, 3.8) is 0 Å². The molecule has 0 saturated carbocycles. The lowest BCUT2D eigenvalue weighted by Crippen LogP contribution is -2.40. The van der Waals surface area contributed by atoms with Gasteiger partial charge in [0.05, 0.1) is 6.54 Å². The van der Waals surface area contributed by atoms with Crippen molar-refractivity contribution in [1.29, 1.82) is 0 Å². The van der Waals surface area contributed by atoms with Gasteiger partial charge in [-0.05, 0) is 20.8 Å². The van der Waals surface area contributed by atoms with Crippen molar-refractivity contribution in [2.24, 2.45) is 5.73 Å². The second-order valence-corrected chi connectivity index (χ2v) is 6.67. The molecular formula is C15H22N4O5. The molecule has 0 radical (unpaired) electrons. The van der Waals surface area contributed by atoms with Crippen molar-refractivity contribution in [3.05, 3.63) is 17.0 Å². The van der Waals surface area contributed by atoms with E-state index < -0.39 is 23.6 Å². The first kappa shape index (κ1) is 17.8. The minimum atomic E-state index is -1.17. The summed E-state index contributed by atoms with van der Waals surface area (Å²) in [6, 6.07) is 0. The van der Waals surface area contributed by atoms with Gasteiger partial charge >= 0.3 is 12.1 Å². The van der Waals surface area contributed by atoms with E-state index >= 15 is 0 Å². The van der Waals surface area contributed by atoms with Crippen molar-refractivity contribution in [1.82, 2.24) is 14.7 Å². The number of fused-ring (bicyclic) bond motifs is 1. The average Bonchev–Trinajstić information content (AvgIpc) is 2.81. The van der Waals surface area contributed by atoms with Crippen LogP contribution in [0.15, 0.2) is 0 Å². The Labute approximate surface area is 139 Å². The predicted octanol–water partition coefficient (Wildman–Crippen LogP) is 0.750. The second kappa shape index (κ2) is 6.50. The first-order valence-corrected chi connectivity index (χ1v) is 7.66. The van der Waals surface area contributed by atoms with Gasteiger partial charge in [-0.25, -0.2) is 9.59 Å². The zero-order chi connectivity index (χ0) is 18.1. The number of aromatic nitrogens is 2. The maximum Gasteiger partial charge on any atom is 0.410 e. The van der Waals surface area contributed by atoms with Crippen LogP contribution in [0.5, 0.6) is 0 Å². The largest absolute Gasteiger partial charge is 0.476 e. The minimum Gasteiger partial charge on any atom is -0.476 e. The Hall–Kier alpha value is -2.58. The van der Waals surface area contributed by atoms with Crippen LogP contribution in [-0.4, -0.2) is 49.9 Å². The molecule has 1 aromatic rings. The highest BCUT2D eigenvalue weighted by Crippen LogP contribution is 2.24. The second-order valence-electron chi connectivity index (χ2n) is 6.67. The zero-order valence-corrected chi connectivity index (χ0v) is 14.0. The summed E-state index contributed by atoms with van der Waals surface area (Å²) in [5.74, 6) is -1.66. The van der Waals surface area contributed by atoms with Crippen molar-refractivity contribution < 1.29 is 24.2 Å².